The number of hydrogen-bond acceptors (Lipinski definition) is 3. The number of halogens is 3. The highest BCUT2D eigenvalue weighted by atomic mass is 35.5. The van der Waals surface area contributed by atoms with Crippen molar-refractivity contribution in [2.24, 2.45) is 5.92 Å². The molecule has 0 spiro atoms. The van der Waals surface area contributed by atoms with Crippen LogP contribution in [-0.2, 0) is 4.79 Å². The first-order valence-electron chi connectivity index (χ1n) is 5.93. The van der Waals surface area contributed by atoms with Gasteiger partial charge >= 0.3 is 5.97 Å². The van der Waals surface area contributed by atoms with Crippen LogP contribution in [0.2, 0.25) is 15.1 Å². The number of pyridine rings is 1. The van der Waals surface area contributed by atoms with Gasteiger partial charge in [0.2, 0.25) is 0 Å². The SMILES string of the molecule is O=C(NC1CCC(C(=O)O)C1)c1ncc(Cl)c(Cl)c1Cl. The molecule has 1 saturated carbocycles. The molecule has 0 bridgehead atoms. The summed E-state index contributed by atoms with van der Waals surface area (Å²) in [6.07, 6.45) is 2.81. The lowest BCUT2D eigenvalue weighted by atomic mass is 10.1. The summed E-state index contributed by atoms with van der Waals surface area (Å²) in [5.41, 5.74) is -0.0140. The Morgan fingerprint density at radius 2 is 1.95 bits per heavy atom. The lowest BCUT2D eigenvalue weighted by molar-refractivity contribution is -0.141. The zero-order valence-electron chi connectivity index (χ0n) is 10.2. The van der Waals surface area contributed by atoms with Crippen LogP contribution in [0.15, 0.2) is 6.20 Å². The molecule has 1 aromatic heterocycles. The number of carboxylic acids is 1. The molecule has 0 radical (unpaired) electrons. The van der Waals surface area contributed by atoms with Crippen molar-refractivity contribution < 1.29 is 14.7 Å². The second-order valence-corrected chi connectivity index (χ2v) is 5.76. The summed E-state index contributed by atoms with van der Waals surface area (Å²) in [5, 5.41) is 11.9. The van der Waals surface area contributed by atoms with Crippen LogP contribution in [0, 0.1) is 5.92 Å². The number of aliphatic carboxylic acids is 1. The number of nitrogens with one attached hydrogen (secondary N) is 1. The molecule has 1 heterocycles. The number of carboxylic acid groups (broad SMARTS) is 1. The van der Waals surface area contributed by atoms with Crippen molar-refractivity contribution in [3.8, 4) is 0 Å². The summed E-state index contributed by atoms with van der Waals surface area (Å²) in [5.74, 6) is -1.74. The molecule has 5 nitrogen and oxygen atoms in total. The standard InChI is InChI=1S/C12H11Cl3N2O3/c13-7-4-16-10(9(15)8(7)14)11(18)17-6-2-1-5(3-6)12(19)20/h4-6H,1-3H2,(H,17,18)(H,19,20). The maximum absolute atomic E-state index is 12.1. The van der Waals surface area contributed by atoms with Crippen molar-refractivity contribution >= 4 is 46.7 Å². The Morgan fingerprint density at radius 1 is 1.25 bits per heavy atom. The van der Waals surface area contributed by atoms with Gasteiger partial charge < -0.3 is 10.4 Å². The van der Waals surface area contributed by atoms with Crippen molar-refractivity contribution in [3.63, 3.8) is 0 Å². The monoisotopic (exact) mass is 336 g/mol. The van der Waals surface area contributed by atoms with E-state index in [1.54, 1.807) is 0 Å². The van der Waals surface area contributed by atoms with Crippen LogP contribution in [0.5, 0.6) is 0 Å². The molecule has 8 heteroatoms. The molecule has 1 aliphatic rings. The zero-order chi connectivity index (χ0) is 14.9. The predicted molar refractivity (Wildman–Crippen MR) is 75.5 cm³/mol. The molecule has 1 amide bonds. The minimum atomic E-state index is -0.840. The maximum atomic E-state index is 12.1. The summed E-state index contributed by atoms with van der Waals surface area (Å²) in [6, 6.07) is -0.198. The van der Waals surface area contributed by atoms with Gasteiger partial charge in [-0.05, 0) is 19.3 Å². The van der Waals surface area contributed by atoms with Gasteiger partial charge in [0, 0.05) is 12.2 Å². The number of hydrogen-bond donors (Lipinski definition) is 2. The third-order valence-electron chi connectivity index (χ3n) is 3.25. The molecule has 0 aromatic carbocycles. The molecular weight excluding hydrogens is 327 g/mol. The number of nitrogens with zero attached hydrogens (tertiary/aromatic N) is 1. The topological polar surface area (TPSA) is 79.3 Å². The average molecular weight is 338 g/mol. The number of carbonyl (C=O) groups excluding carboxylic acids is 1. The fraction of sp³-hybridized carbons (Fsp3) is 0.417. The molecule has 2 atom stereocenters. The first-order valence-corrected chi connectivity index (χ1v) is 7.06. The van der Waals surface area contributed by atoms with Crippen LogP contribution in [0.4, 0.5) is 0 Å². The number of aromatic nitrogens is 1. The molecule has 1 fully saturated rings. The van der Waals surface area contributed by atoms with E-state index in [0.29, 0.717) is 19.3 Å². The smallest absolute Gasteiger partial charge is 0.306 e. The zero-order valence-corrected chi connectivity index (χ0v) is 12.5. The van der Waals surface area contributed by atoms with E-state index in [1.807, 2.05) is 0 Å². The molecule has 0 aliphatic heterocycles. The normalized spacial score (nSPS) is 21.8. The van der Waals surface area contributed by atoms with E-state index in [-0.39, 0.29) is 26.8 Å². The van der Waals surface area contributed by atoms with Crippen molar-refractivity contribution in [1.29, 1.82) is 0 Å². The quantitative estimate of drug-likeness (QED) is 0.888. The van der Waals surface area contributed by atoms with Crippen molar-refractivity contribution in [2.75, 3.05) is 0 Å². The molecule has 1 aliphatic carbocycles. The van der Waals surface area contributed by atoms with Crippen LogP contribution in [0.25, 0.3) is 0 Å². The third kappa shape index (κ3) is 3.16. The van der Waals surface area contributed by atoms with Gasteiger partial charge in [0.1, 0.15) is 5.69 Å². The lowest BCUT2D eigenvalue weighted by Crippen LogP contribution is -2.34. The van der Waals surface area contributed by atoms with E-state index in [9.17, 15) is 9.59 Å². The minimum absolute atomic E-state index is 0.00977. The Bertz CT molecular complexity index is 565. The van der Waals surface area contributed by atoms with Gasteiger partial charge in [0.05, 0.1) is 21.0 Å². The second kappa shape index (κ2) is 6.16. The highest BCUT2D eigenvalue weighted by Crippen LogP contribution is 2.31. The first-order chi connectivity index (χ1) is 9.40. The molecule has 1 aromatic rings. The molecule has 0 saturated heterocycles. The Morgan fingerprint density at radius 3 is 2.55 bits per heavy atom. The minimum Gasteiger partial charge on any atom is -0.481 e. The number of amides is 1. The molecule has 2 unspecified atom stereocenters. The second-order valence-electron chi connectivity index (χ2n) is 4.60. The Kier molecular flexibility index (Phi) is 4.73. The van der Waals surface area contributed by atoms with Crippen molar-refractivity contribution in [1.82, 2.24) is 10.3 Å². The van der Waals surface area contributed by atoms with Gasteiger partial charge in [-0.3, -0.25) is 9.59 Å². The molecular formula is C12H11Cl3N2O3. The number of carbonyl (C=O) groups is 2. The van der Waals surface area contributed by atoms with Gasteiger partial charge in [0.25, 0.3) is 5.91 Å². The van der Waals surface area contributed by atoms with Crippen LogP contribution >= 0.6 is 34.8 Å². The Balaban J connectivity index is 2.07. The summed E-state index contributed by atoms with van der Waals surface area (Å²) >= 11 is 17.5. The van der Waals surface area contributed by atoms with Crippen LogP contribution in [-0.4, -0.2) is 28.0 Å². The highest BCUT2D eigenvalue weighted by molar-refractivity contribution is 6.48. The van der Waals surface area contributed by atoms with E-state index in [2.05, 4.69) is 10.3 Å². The Labute approximate surface area is 130 Å². The first kappa shape index (κ1) is 15.4. The largest absolute Gasteiger partial charge is 0.481 e. The van der Waals surface area contributed by atoms with E-state index >= 15 is 0 Å². The molecule has 2 rings (SSSR count). The summed E-state index contributed by atoms with van der Waals surface area (Å²) in [6.45, 7) is 0. The highest BCUT2D eigenvalue weighted by Gasteiger charge is 2.31. The summed E-state index contributed by atoms with van der Waals surface area (Å²) < 4.78 is 0. The van der Waals surface area contributed by atoms with Gasteiger partial charge in [0.15, 0.2) is 0 Å². The predicted octanol–water partition coefficient (Wildman–Crippen LogP) is 3.02. The Hall–Kier alpha value is -1.04. The number of rotatable bonds is 3. The van der Waals surface area contributed by atoms with Gasteiger partial charge in [-0.25, -0.2) is 4.98 Å². The summed E-state index contributed by atoms with van der Waals surface area (Å²) in [4.78, 5) is 26.8. The van der Waals surface area contributed by atoms with Gasteiger partial charge in [-0.15, -0.1) is 0 Å². The van der Waals surface area contributed by atoms with E-state index in [4.69, 9.17) is 39.9 Å². The van der Waals surface area contributed by atoms with Crippen LogP contribution in [0.3, 0.4) is 0 Å². The molecule has 108 valence electrons. The third-order valence-corrected chi connectivity index (χ3v) is 4.49. The van der Waals surface area contributed by atoms with E-state index in [0.717, 1.165) is 0 Å². The van der Waals surface area contributed by atoms with Crippen molar-refractivity contribution in [3.05, 3.63) is 27.0 Å². The average Bonchev–Trinajstić information content (AvgIpc) is 2.84. The maximum Gasteiger partial charge on any atom is 0.306 e. The molecule has 20 heavy (non-hydrogen) atoms. The summed E-state index contributed by atoms with van der Waals surface area (Å²) in [7, 11) is 0. The van der Waals surface area contributed by atoms with E-state index < -0.39 is 17.8 Å². The fourth-order valence-corrected chi connectivity index (χ4v) is 2.76. The van der Waals surface area contributed by atoms with Crippen LogP contribution in [0.1, 0.15) is 29.8 Å². The molecule has 2 N–H and O–H groups in total. The van der Waals surface area contributed by atoms with Gasteiger partial charge in [-0.1, -0.05) is 34.8 Å². The van der Waals surface area contributed by atoms with Crippen LogP contribution < -0.4 is 5.32 Å². The van der Waals surface area contributed by atoms with Gasteiger partial charge in [-0.2, -0.15) is 0 Å². The fourth-order valence-electron chi connectivity index (χ4n) is 2.19. The lowest BCUT2D eigenvalue weighted by Gasteiger charge is -2.13. The van der Waals surface area contributed by atoms with E-state index in [1.165, 1.54) is 6.20 Å². The van der Waals surface area contributed by atoms with Crippen molar-refractivity contribution in [2.45, 2.75) is 25.3 Å².